The van der Waals surface area contributed by atoms with E-state index < -0.39 is 0 Å². The highest BCUT2D eigenvalue weighted by Gasteiger charge is 2.36. The Balaban J connectivity index is 1.44. The number of likely N-dealkylation sites (tertiary alicyclic amines) is 1. The minimum Gasteiger partial charge on any atom is -0.353 e. The number of rotatable bonds is 5. The SMILES string of the molecule is CC(C)C1C(=O)NCCN1C(=O)NC1CCN(CCc2ccccc2)CC1. The van der Waals surface area contributed by atoms with Crippen molar-refractivity contribution in [2.45, 2.75) is 45.2 Å². The van der Waals surface area contributed by atoms with Gasteiger partial charge in [0.25, 0.3) is 0 Å². The number of carbonyl (C=O) groups is 2. The minimum atomic E-state index is -0.371. The average Bonchev–Trinajstić information content (AvgIpc) is 2.67. The van der Waals surface area contributed by atoms with Crippen molar-refractivity contribution in [1.29, 1.82) is 0 Å². The number of amides is 3. The van der Waals surface area contributed by atoms with Gasteiger partial charge in [-0.15, -0.1) is 0 Å². The van der Waals surface area contributed by atoms with Crippen molar-refractivity contribution in [1.82, 2.24) is 20.4 Å². The predicted octanol–water partition coefficient (Wildman–Crippen LogP) is 1.86. The molecule has 0 bridgehead atoms. The maximum atomic E-state index is 12.7. The van der Waals surface area contributed by atoms with Crippen LogP contribution >= 0.6 is 0 Å². The summed E-state index contributed by atoms with van der Waals surface area (Å²) in [5.41, 5.74) is 1.37. The highest BCUT2D eigenvalue weighted by atomic mass is 16.2. The van der Waals surface area contributed by atoms with E-state index in [1.807, 2.05) is 19.9 Å². The third kappa shape index (κ3) is 5.22. The Labute approximate surface area is 162 Å². The number of hydrogen-bond acceptors (Lipinski definition) is 3. The van der Waals surface area contributed by atoms with Gasteiger partial charge in [0.2, 0.25) is 5.91 Å². The maximum Gasteiger partial charge on any atom is 0.318 e. The first kappa shape index (κ1) is 19.7. The molecule has 27 heavy (non-hydrogen) atoms. The lowest BCUT2D eigenvalue weighted by atomic mass is 10.00. The smallest absolute Gasteiger partial charge is 0.318 e. The second-order valence-electron chi connectivity index (χ2n) is 7.97. The molecule has 2 heterocycles. The van der Waals surface area contributed by atoms with Gasteiger partial charge >= 0.3 is 6.03 Å². The van der Waals surface area contributed by atoms with Crippen molar-refractivity contribution in [3.8, 4) is 0 Å². The monoisotopic (exact) mass is 372 g/mol. The lowest BCUT2D eigenvalue weighted by Crippen LogP contribution is -2.62. The molecule has 6 nitrogen and oxygen atoms in total. The summed E-state index contributed by atoms with van der Waals surface area (Å²) in [6, 6.07) is 10.3. The number of nitrogens with one attached hydrogen (secondary N) is 2. The van der Waals surface area contributed by atoms with E-state index in [1.165, 1.54) is 5.56 Å². The van der Waals surface area contributed by atoms with E-state index in [9.17, 15) is 9.59 Å². The molecule has 0 saturated carbocycles. The van der Waals surface area contributed by atoms with E-state index in [2.05, 4.69) is 39.8 Å². The van der Waals surface area contributed by atoms with Gasteiger partial charge in [-0.2, -0.15) is 0 Å². The van der Waals surface area contributed by atoms with Crippen molar-refractivity contribution >= 4 is 11.9 Å². The van der Waals surface area contributed by atoms with E-state index in [-0.39, 0.29) is 29.9 Å². The largest absolute Gasteiger partial charge is 0.353 e. The molecule has 3 amide bonds. The van der Waals surface area contributed by atoms with Gasteiger partial charge in [0, 0.05) is 38.8 Å². The summed E-state index contributed by atoms with van der Waals surface area (Å²) in [6.07, 6.45) is 3.00. The Morgan fingerprint density at radius 1 is 1.19 bits per heavy atom. The quantitative estimate of drug-likeness (QED) is 0.829. The molecule has 6 heteroatoms. The fraction of sp³-hybridized carbons (Fsp3) is 0.619. The van der Waals surface area contributed by atoms with Gasteiger partial charge in [-0.25, -0.2) is 4.79 Å². The van der Waals surface area contributed by atoms with Gasteiger partial charge in [0.05, 0.1) is 0 Å². The van der Waals surface area contributed by atoms with Crippen LogP contribution in [0.5, 0.6) is 0 Å². The Bertz CT molecular complexity index is 626. The third-order valence-electron chi connectivity index (χ3n) is 5.62. The van der Waals surface area contributed by atoms with Gasteiger partial charge in [-0.05, 0) is 30.7 Å². The second kappa shape index (κ2) is 9.22. The molecule has 0 aliphatic carbocycles. The molecule has 1 aromatic carbocycles. The number of piperazine rings is 1. The molecule has 2 saturated heterocycles. The predicted molar refractivity (Wildman–Crippen MR) is 106 cm³/mol. The molecular formula is C21H32N4O2. The van der Waals surface area contributed by atoms with Crippen LogP contribution in [-0.4, -0.2) is 66.5 Å². The van der Waals surface area contributed by atoms with Crippen LogP contribution < -0.4 is 10.6 Å². The van der Waals surface area contributed by atoms with Crippen molar-refractivity contribution in [2.75, 3.05) is 32.7 Å². The van der Waals surface area contributed by atoms with E-state index in [0.717, 1.165) is 38.9 Å². The highest BCUT2D eigenvalue weighted by molar-refractivity contribution is 5.88. The zero-order valence-electron chi connectivity index (χ0n) is 16.5. The molecule has 3 rings (SSSR count). The first-order valence-electron chi connectivity index (χ1n) is 10.2. The average molecular weight is 373 g/mol. The molecular weight excluding hydrogens is 340 g/mol. The van der Waals surface area contributed by atoms with Crippen LogP contribution in [0.3, 0.4) is 0 Å². The Kier molecular flexibility index (Phi) is 6.72. The van der Waals surface area contributed by atoms with Crippen molar-refractivity contribution < 1.29 is 9.59 Å². The van der Waals surface area contributed by atoms with Gasteiger partial charge in [0.1, 0.15) is 6.04 Å². The molecule has 0 radical (unpaired) electrons. The normalized spacial score (nSPS) is 22.0. The van der Waals surface area contributed by atoms with Crippen LogP contribution in [0.25, 0.3) is 0 Å². The van der Waals surface area contributed by atoms with Crippen molar-refractivity contribution in [2.24, 2.45) is 5.92 Å². The van der Waals surface area contributed by atoms with Gasteiger partial charge in [-0.1, -0.05) is 44.2 Å². The van der Waals surface area contributed by atoms with Crippen LogP contribution in [0.2, 0.25) is 0 Å². The van der Waals surface area contributed by atoms with E-state index in [4.69, 9.17) is 0 Å². The summed E-state index contributed by atoms with van der Waals surface area (Å²) in [5.74, 6) is 0.0676. The molecule has 1 atom stereocenters. The number of hydrogen-bond donors (Lipinski definition) is 2. The summed E-state index contributed by atoms with van der Waals surface area (Å²) in [4.78, 5) is 29.1. The topological polar surface area (TPSA) is 64.7 Å². The maximum absolute atomic E-state index is 12.7. The molecule has 2 fully saturated rings. The van der Waals surface area contributed by atoms with Gasteiger partial charge in [-0.3, -0.25) is 4.79 Å². The van der Waals surface area contributed by atoms with Crippen LogP contribution in [0.1, 0.15) is 32.3 Å². The third-order valence-corrected chi connectivity index (χ3v) is 5.62. The zero-order chi connectivity index (χ0) is 19.2. The molecule has 2 aliphatic rings. The molecule has 2 aliphatic heterocycles. The number of benzene rings is 1. The fourth-order valence-electron chi connectivity index (χ4n) is 4.07. The zero-order valence-corrected chi connectivity index (χ0v) is 16.5. The summed E-state index contributed by atoms with van der Waals surface area (Å²) in [7, 11) is 0. The number of urea groups is 1. The van der Waals surface area contributed by atoms with Crippen molar-refractivity contribution in [3.63, 3.8) is 0 Å². The number of nitrogens with zero attached hydrogens (tertiary/aromatic N) is 2. The minimum absolute atomic E-state index is 0.0397. The molecule has 2 N–H and O–H groups in total. The van der Waals surface area contributed by atoms with E-state index in [0.29, 0.717) is 13.1 Å². The van der Waals surface area contributed by atoms with Crippen LogP contribution in [0.4, 0.5) is 4.79 Å². The molecule has 148 valence electrons. The molecule has 1 unspecified atom stereocenters. The van der Waals surface area contributed by atoms with Crippen LogP contribution in [-0.2, 0) is 11.2 Å². The standard InChI is InChI=1S/C21H32N4O2/c1-16(2)19-20(26)22-11-15-25(19)21(27)23-18-9-13-24(14-10-18)12-8-17-6-4-3-5-7-17/h3-7,16,18-19H,8-15H2,1-2H3,(H,22,26)(H,23,27). The Hall–Kier alpha value is -2.08. The molecule has 0 aromatic heterocycles. The Morgan fingerprint density at radius 2 is 1.89 bits per heavy atom. The van der Waals surface area contributed by atoms with Crippen LogP contribution in [0, 0.1) is 5.92 Å². The first-order chi connectivity index (χ1) is 13.0. The van der Waals surface area contributed by atoms with Gasteiger partial charge < -0.3 is 20.4 Å². The number of carbonyl (C=O) groups excluding carboxylic acids is 2. The summed E-state index contributed by atoms with van der Waals surface area (Å²) >= 11 is 0. The van der Waals surface area contributed by atoms with Gasteiger partial charge in [0.15, 0.2) is 0 Å². The number of piperidine rings is 1. The fourth-order valence-corrected chi connectivity index (χ4v) is 4.07. The van der Waals surface area contributed by atoms with Crippen LogP contribution in [0.15, 0.2) is 30.3 Å². The first-order valence-corrected chi connectivity index (χ1v) is 10.2. The van der Waals surface area contributed by atoms with E-state index >= 15 is 0 Å². The molecule has 1 aromatic rings. The summed E-state index contributed by atoms with van der Waals surface area (Å²) < 4.78 is 0. The lowest BCUT2D eigenvalue weighted by molar-refractivity contribution is -0.129. The second-order valence-corrected chi connectivity index (χ2v) is 7.97. The van der Waals surface area contributed by atoms with Crippen molar-refractivity contribution in [3.05, 3.63) is 35.9 Å². The summed E-state index contributed by atoms with van der Waals surface area (Å²) in [5, 5.41) is 6.04. The molecule has 0 spiro atoms. The van der Waals surface area contributed by atoms with E-state index in [1.54, 1.807) is 4.90 Å². The lowest BCUT2D eigenvalue weighted by Gasteiger charge is -2.39. The highest BCUT2D eigenvalue weighted by Crippen LogP contribution is 2.16. The summed E-state index contributed by atoms with van der Waals surface area (Å²) in [6.45, 7) is 8.16. The Morgan fingerprint density at radius 3 is 2.56 bits per heavy atom.